The molecule has 1 aromatic carbocycles. The molecule has 22 heavy (non-hydrogen) atoms. The van der Waals surface area contributed by atoms with Gasteiger partial charge in [-0.2, -0.15) is 0 Å². The Hall–Kier alpha value is -1.85. The van der Waals surface area contributed by atoms with Gasteiger partial charge in [-0.1, -0.05) is 6.92 Å². The molecule has 0 spiro atoms. The molecule has 118 valence electrons. The lowest BCUT2D eigenvalue weighted by atomic mass is 10.00. The van der Waals surface area contributed by atoms with Gasteiger partial charge in [0, 0.05) is 41.8 Å². The molecule has 3 N–H and O–H groups in total. The first-order chi connectivity index (χ1) is 10.6. The quantitative estimate of drug-likeness (QED) is 0.793. The van der Waals surface area contributed by atoms with E-state index in [1.807, 2.05) is 13.8 Å². The summed E-state index contributed by atoms with van der Waals surface area (Å²) in [5.41, 5.74) is 5.69. The number of carboxylic acids is 1. The molecule has 1 unspecified atom stereocenters. The normalized spacial score (nSPS) is 15.2. The topological polar surface area (TPSA) is 66.3 Å². The third kappa shape index (κ3) is 2.21. The van der Waals surface area contributed by atoms with Crippen LogP contribution in [0.3, 0.4) is 0 Å². The van der Waals surface area contributed by atoms with E-state index in [4.69, 9.17) is 0 Å². The van der Waals surface area contributed by atoms with Crippen molar-refractivity contribution >= 4 is 16.9 Å². The summed E-state index contributed by atoms with van der Waals surface area (Å²) in [5.74, 6) is -0.821. The van der Waals surface area contributed by atoms with Crippen molar-refractivity contribution in [2.75, 3.05) is 6.54 Å². The molecular formula is C17H23N3O2. The van der Waals surface area contributed by atoms with Gasteiger partial charge in [-0.3, -0.25) is 4.79 Å². The summed E-state index contributed by atoms with van der Waals surface area (Å²) in [5, 5.41) is 17.2. The van der Waals surface area contributed by atoms with Crippen LogP contribution in [0.25, 0.3) is 10.9 Å². The molecule has 3 rings (SSSR count). The lowest BCUT2D eigenvalue weighted by molar-refractivity contribution is -0.139. The molecule has 1 aromatic heterocycles. The fraction of sp³-hybridized carbons (Fsp3) is 0.471. The highest BCUT2D eigenvalue weighted by molar-refractivity contribution is 5.92. The van der Waals surface area contributed by atoms with Crippen LogP contribution in [0.2, 0.25) is 0 Å². The lowest BCUT2D eigenvalue weighted by Gasteiger charge is -2.14. The number of benzene rings is 1. The Kier molecular flexibility index (Phi) is 3.93. The predicted molar refractivity (Wildman–Crippen MR) is 86.9 cm³/mol. The molecule has 0 radical (unpaired) electrons. The second kappa shape index (κ2) is 5.74. The van der Waals surface area contributed by atoms with Gasteiger partial charge < -0.3 is 20.3 Å². The lowest BCUT2D eigenvalue weighted by Crippen LogP contribution is -2.28. The number of aliphatic carboxylic acids is 1. The number of fused-ring (bicyclic) bond motifs is 2. The van der Waals surface area contributed by atoms with Crippen molar-refractivity contribution < 1.29 is 9.90 Å². The van der Waals surface area contributed by atoms with E-state index in [2.05, 4.69) is 34.3 Å². The number of nitrogens with one attached hydrogen (secondary N) is 2. The maximum Gasteiger partial charge on any atom is 0.325 e. The van der Waals surface area contributed by atoms with Crippen LogP contribution < -0.4 is 10.6 Å². The summed E-state index contributed by atoms with van der Waals surface area (Å²) in [6.07, 6.45) is 0. The monoisotopic (exact) mass is 301 g/mol. The molecule has 0 fully saturated rings. The molecule has 1 aliphatic rings. The van der Waals surface area contributed by atoms with Gasteiger partial charge in [0.05, 0.1) is 0 Å². The molecule has 0 amide bonds. The SMILES string of the molecule is CCNC(C(=O)O)c1c(C)n(CC)c2cc3c(cc12)CNC3. The molecule has 1 atom stereocenters. The fourth-order valence-corrected chi connectivity index (χ4v) is 3.59. The number of nitrogens with zero attached hydrogens (tertiary/aromatic N) is 1. The number of aromatic nitrogens is 1. The van der Waals surface area contributed by atoms with Crippen LogP contribution in [0.4, 0.5) is 0 Å². The summed E-state index contributed by atoms with van der Waals surface area (Å²) in [7, 11) is 0. The maximum atomic E-state index is 11.7. The van der Waals surface area contributed by atoms with Gasteiger partial charge in [0.25, 0.3) is 0 Å². The molecule has 0 saturated heterocycles. The highest BCUT2D eigenvalue weighted by Crippen LogP contribution is 2.34. The standard InChI is InChI=1S/C17H23N3O2/c1-4-19-16(17(21)22)15-10(3)20(5-2)14-7-12-9-18-8-11(12)6-13(14)15/h6-7,16,18-19H,4-5,8-9H2,1-3H3,(H,21,22). The summed E-state index contributed by atoms with van der Waals surface area (Å²) >= 11 is 0. The number of hydrogen-bond acceptors (Lipinski definition) is 3. The van der Waals surface area contributed by atoms with E-state index in [-0.39, 0.29) is 0 Å². The Morgan fingerprint density at radius 3 is 2.64 bits per heavy atom. The van der Waals surface area contributed by atoms with E-state index in [0.717, 1.165) is 41.8 Å². The number of likely N-dealkylation sites (N-methyl/N-ethyl adjacent to an activating group) is 1. The molecule has 2 heterocycles. The van der Waals surface area contributed by atoms with E-state index in [9.17, 15) is 9.90 Å². The van der Waals surface area contributed by atoms with Crippen molar-refractivity contribution in [1.29, 1.82) is 0 Å². The Labute approximate surface area is 130 Å². The zero-order valence-corrected chi connectivity index (χ0v) is 13.4. The van der Waals surface area contributed by atoms with Crippen LogP contribution >= 0.6 is 0 Å². The first-order valence-electron chi connectivity index (χ1n) is 7.89. The third-order valence-corrected chi connectivity index (χ3v) is 4.58. The first kappa shape index (κ1) is 15.1. The minimum atomic E-state index is -0.821. The molecule has 0 saturated carbocycles. The van der Waals surface area contributed by atoms with E-state index < -0.39 is 12.0 Å². The van der Waals surface area contributed by atoms with Gasteiger partial charge >= 0.3 is 5.97 Å². The zero-order chi connectivity index (χ0) is 15.9. The van der Waals surface area contributed by atoms with Crippen molar-refractivity contribution in [3.05, 3.63) is 34.5 Å². The minimum Gasteiger partial charge on any atom is -0.480 e. The first-order valence-corrected chi connectivity index (χ1v) is 7.89. The van der Waals surface area contributed by atoms with Crippen molar-refractivity contribution in [3.8, 4) is 0 Å². The van der Waals surface area contributed by atoms with Gasteiger partial charge in [-0.15, -0.1) is 0 Å². The second-order valence-electron chi connectivity index (χ2n) is 5.81. The number of rotatable bonds is 5. The summed E-state index contributed by atoms with van der Waals surface area (Å²) in [6, 6.07) is 3.73. The molecule has 5 heteroatoms. The van der Waals surface area contributed by atoms with E-state index >= 15 is 0 Å². The van der Waals surface area contributed by atoms with Gasteiger partial charge in [-0.05, 0) is 43.7 Å². The predicted octanol–water partition coefficient (Wildman–Crippen LogP) is 2.31. The molecule has 0 aliphatic carbocycles. The van der Waals surface area contributed by atoms with Crippen molar-refractivity contribution in [1.82, 2.24) is 15.2 Å². The second-order valence-corrected chi connectivity index (χ2v) is 5.81. The van der Waals surface area contributed by atoms with Crippen LogP contribution in [0, 0.1) is 6.92 Å². The Morgan fingerprint density at radius 2 is 2.05 bits per heavy atom. The molecule has 0 bridgehead atoms. The van der Waals surface area contributed by atoms with E-state index in [1.54, 1.807) is 0 Å². The summed E-state index contributed by atoms with van der Waals surface area (Å²) in [6.45, 7) is 9.28. The average molecular weight is 301 g/mol. The summed E-state index contributed by atoms with van der Waals surface area (Å²) < 4.78 is 2.22. The van der Waals surface area contributed by atoms with Gasteiger partial charge in [0.15, 0.2) is 0 Å². The van der Waals surface area contributed by atoms with Crippen molar-refractivity contribution in [2.45, 2.75) is 46.4 Å². The number of carboxylic acid groups (broad SMARTS) is 1. The molecule has 2 aromatic rings. The zero-order valence-electron chi connectivity index (χ0n) is 13.4. The van der Waals surface area contributed by atoms with Crippen LogP contribution in [-0.2, 0) is 24.4 Å². The minimum absolute atomic E-state index is 0.627. The van der Waals surface area contributed by atoms with Gasteiger partial charge in [0.1, 0.15) is 6.04 Å². The average Bonchev–Trinajstić information content (AvgIpc) is 3.03. The molecule has 5 nitrogen and oxygen atoms in total. The highest BCUT2D eigenvalue weighted by Gasteiger charge is 2.27. The van der Waals surface area contributed by atoms with Gasteiger partial charge in [-0.25, -0.2) is 0 Å². The van der Waals surface area contributed by atoms with Crippen molar-refractivity contribution in [2.24, 2.45) is 0 Å². The number of aryl methyl sites for hydroxylation is 1. The highest BCUT2D eigenvalue weighted by atomic mass is 16.4. The molecule has 1 aliphatic heterocycles. The van der Waals surface area contributed by atoms with E-state index in [1.165, 1.54) is 11.1 Å². The van der Waals surface area contributed by atoms with Crippen LogP contribution in [0.15, 0.2) is 12.1 Å². The van der Waals surface area contributed by atoms with Crippen LogP contribution in [0.1, 0.15) is 42.3 Å². The Morgan fingerprint density at radius 1 is 1.36 bits per heavy atom. The largest absolute Gasteiger partial charge is 0.480 e. The summed E-state index contributed by atoms with van der Waals surface area (Å²) in [4.78, 5) is 11.7. The van der Waals surface area contributed by atoms with Crippen LogP contribution in [0.5, 0.6) is 0 Å². The Balaban J connectivity index is 2.28. The molecular weight excluding hydrogens is 278 g/mol. The third-order valence-electron chi connectivity index (χ3n) is 4.58. The fourth-order valence-electron chi connectivity index (χ4n) is 3.59. The van der Waals surface area contributed by atoms with Crippen LogP contribution in [-0.4, -0.2) is 22.2 Å². The smallest absolute Gasteiger partial charge is 0.325 e. The number of carbonyl (C=O) groups is 1. The van der Waals surface area contributed by atoms with E-state index in [0.29, 0.717) is 6.54 Å². The number of hydrogen-bond donors (Lipinski definition) is 3. The Bertz CT molecular complexity index is 733. The maximum absolute atomic E-state index is 11.7. The van der Waals surface area contributed by atoms with Gasteiger partial charge in [0.2, 0.25) is 0 Å². The van der Waals surface area contributed by atoms with Crippen molar-refractivity contribution in [3.63, 3.8) is 0 Å².